The first kappa shape index (κ1) is 19.7. The molecule has 0 aromatic heterocycles. The lowest BCUT2D eigenvalue weighted by Gasteiger charge is -2.38. The number of carbonyl (C=O) groups excluding carboxylic acids is 1. The molecular formula is C20H34O3S. The van der Waals surface area contributed by atoms with Crippen LogP contribution >= 0.6 is 0 Å². The van der Waals surface area contributed by atoms with Crippen LogP contribution in [-0.4, -0.2) is 24.7 Å². The highest BCUT2D eigenvalue weighted by atomic mass is 32.2. The van der Waals surface area contributed by atoms with Crippen molar-refractivity contribution in [1.29, 1.82) is 0 Å². The minimum absolute atomic E-state index is 0.0164. The van der Waals surface area contributed by atoms with E-state index in [-0.39, 0.29) is 16.4 Å². The van der Waals surface area contributed by atoms with Gasteiger partial charge in [0.25, 0.3) is 0 Å². The summed E-state index contributed by atoms with van der Waals surface area (Å²) < 4.78 is 24.5. The molecule has 2 rings (SSSR count). The number of ketones is 1. The summed E-state index contributed by atoms with van der Waals surface area (Å²) in [5.74, 6) is 0.343. The van der Waals surface area contributed by atoms with E-state index in [1.54, 1.807) is 0 Å². The molecule has 0 saturated carbocycles. The van der Waals surface area contributed by atoms with Crippen molar-refractivity contribution in [2.75, 3.05) is 0 Å². The fourth-order valence-corrected chi connectivity index (χ4v) is 6.88. The van der Waals surface area contributed by atoms with Crippen LogP contribution in [0.5, 0.6) is 0 Å². The number of allylic oxidation sites excluding steroid dienone is 1. The number of fused-ring (bicyclic) bond motifs is 2. The minimum Gasteiger partial charge on any atom is -0.299 e. The molecule has 138 valence electrons. The molecule has 0 aromatic rings. The quantitative estimate of drug-likeness (QED) is 0.387. The second kappa shape index (κ2) is 9.74. The van der Waals surface area contributed by atoms with Crippen molar-refractivity contribution >= 4 is 15.6 Å². The van der Waals surface area contributed by atoms with E-state index in [1.807, 2.05) is 6.08 Å². The Bertz CT molecular complexity index is 489. The highest BCUT2D eigenvalue weighted by Crippen LogP contribution is 2.40. The van der Waals surface area contributed by atoms with Crippen LogP contribution in [-0.2, 0) is 14.6 Å². The van der Waals surface area contributed by atoms with Gasteiger partial charge in [-0.05, 0) is 44.9 Å². The van der Waals surface area contributed by atoms with Gasteiger partial charge in [-0.15, -0.1) is 6.58 Å². The third kappa shape index (κ3) is 5.44. The Morgan fingerprint density at radius 1 is 0.917 bits per heavy atom. The Morgan fingerprint density at radius 3 is 2.04 bits per heavy atom. The molecule has 2 unspecified atom stereocenters. The van der Waals surface area contributed by atoms with Gasteiger partial charge in [-0.2, -0.15) is 0 Å². The Morgan fingerprint density at radius 2 is 1.46 bits per heavy atom. The van der Waals surface area contributed by atoms with Gasteiger partial charge in [-0.1, -0.05) is 44.6 Å². The molecule has 2 aliphatic heterocycles. The minimum atomic E-state index is -2.93. The van der Waals surface area contributed by atoms with Gasteiger partial charge in [0.15, 0.2) is 9.84 Å². The zero-order valence-electron chi connectivity index (χ0n) is 15.0. The third-order valence-corrected chi connectivity index (χ3v) is 8.58. The summed E-state index contributed by atoms with van der Waals surface area (Å²) in [6, 6.07) is 0. The van der Waals surface area contributed by atoms with Crippen molar-refractivity contribution in [3.63, 3.8) is 0 Å². The lowest BCUT2D eigenvalue weighted by atomic mass is 9.85. The van der Waals surface area contributed by atoms with Crippen LogP contribution in [0.15, 0.2) is 12.7 Å². The maximum Gasteiger partial charge on any atom is 0.156 e. The first-order valence-electron chi connectivity index (χ1n) is 9.92. The van der Waals surface area contributed by atoms with E-state index in [1.165, 1.54) is 32.1 Å². The first-order chi connectivity index (χ1) is 11.6. The Labute approximate surface area is 148 Å². The number of hydrogen-bond donors (Lipinski definition) is 0. The SMILES string of the molecule is C=CCCCCCCCCCC(=O)C1CC2CCCC(C1)S2(=O)=O. The van der Waals surface area contributed by atoms with E-state index in [9.17, 15) is 13.2 Å². The van der Waals surface area contributed by atoms with Crippen LogP contribution in [0.2, 0.25) is 0 Å². The lowest BCUT2D eigenvalue weighted by molar-refractivity contribution is -0.123. The molecule has 2 atom stereocenters. The zero-order chi connectivity index (χ0) is 17.4. The summed E-state index contributed by atoms with van der Waals surface area (Å²) in [5, 5.41) is -0.455. The summed E-state index contributed by atoms with van der Waals surface area (Å²) in [6.45, 7) is 3.73. The highest BCUT2D eigenvalue weighted by Gasteiger charge is 2.45. The number of rotatable bonds is 11. The van der Waals surface area contributed by atoms with E-state index in [4.69, 9.17) is 0 Å². The standard InChI is InChI=1S/C20H34O3S/c1-2-3-4-5-6-7-8-9-10-14-20(21)17-15-18-12-11-13-19(16-17)24(18,22)23/h2,17-19H,1,3-16H2. The maximum atomic E-state index is 12.4. The van der Waals surface area contributed by atoms with Gasteiger partial charge in [0, 0.05) is 12.3 Å². The normalized spacial score (nSPS) is 28.4. The van der Waals surface area contributed by atoms with Gasteiger partial charge < -0.3 is 0 Å². The molecule has 0 amide bonds. The molecule has 2 saturated heterocycles. The molecule has 0 N–H and O–H groups in total. The molecule has 2 bridgehead atoms. The Balaban J connectivity index is 1.59. The van der Waals surface area contributed by atoms with E-state index in [2.05, 4.69) is 6.58 Å². The number of sulfone groups is 1. The predicted octanol–water partition coefficient (Wildman–Crippen LogP) is 5.00. The number of carbonyl (C=O) groups is 1. The summed E-state index contributed by atoms with van der Waals surface area (Å²) in [7, 11) is -2.93. The van der Waals surface area contributed by atoms with E-state index in [0.29, 0.717) is 25.0 Å². The van der Waals surface area contributed by atoms with Crippen molar-refractivity contribution in [3.8, 4) is 0 Å². The van der Waals surface area contributed by atoms with Gasteiger partial charge in [0.2, 0.25) is 0 Å². The van der Waals surface area contributed by atoms with Crippen molar-refractivity contribution in [3.05, 3.63) is 12.7 Å². The van der Waals surface area contributed by atoms with Crippen LogP contribution in [0.3, 0.4) is 0 Å². The first-order valence-corrected chi connectivity index (χ1v) is 11.5. The van der Waals surface area contributed by atoms with Crippen LogP contribution in [0.4, 0.5) is 0 Å². The fraction of sp³-hybridized carbons (Fsp3) is 0.850. The van der Waals surface area contributed by atoms with Gasteiger partial charge in [-0.3, -0.25) is 4.79 Å². The van der Waals surface area contributed by atoms with Gasteiger partial charge >= 0.3 is 0 Å². The molecule has 2 fully saturated rings. The lowest BCUT2D eigenvalue weighted by Crippen LogP contribution is -2.45. The van der Waals surface area contributed by atoms with Gasteiger partial charge in [-0.25, -0.2) is 8.42 Å². The van der Waals surface area contributed by atoms with Crippen LogP contribution < -0.4 is 0 Å². The van der Waals surface area contributed by atoms with E-state index in [0.717, 1.165) is 38.5 Å². The van der Waals surface area contributed by atoms with Crippen LogP contribution in [0, 0.1) is 5.92 Å². The van der Waals surface area contributed by atoms with Crippen LogP contribution in [0.1, 0.15) is 89.9 Å². The van der Waals surface area contributed by atoms with E-state index < -0.39 is 9.84 Å². The Hall–Kier alpha value is -0.640. The molecule has 24 heavy (non-hydrogen) atoms. The van der Waals surface area contributed by atoms with Crippen molar-refractivity contribution in [2.45, 2.75) is 100 Å². The third-order valence-electron chi connectivity index (χ3n) is 5.86. The molecule has 0 aromatic carbocycles. The molecular weight excluding hydrogens is 320 g/mol. The maximum absolute atomic E-state index is 12.4. The number of Topliss-reactive ketones (excluding diaryl/α,β-unsaturated/α-hetero) is 1. The smallest absolute Gasteiger partial charge is 0.156 e. The highest BCUT2D eigenvalue weighted by molar-refractivity contribution is 7.92. The number of hydrogen-bond acceptors (Lipinski definition) is 3. The van der Waals surface area contributed by atoms with Crippen molar-refractivity contribution < 1.29 is 13.2 Å². The van der Waals surface area contributed by atoms with E-state index >= 15 is 0 Å². The summed E-state index contributed by atoms with van der Waals surface area (Å²) >= 11 is 0. The summed E-state index contributed by atoms with van der Waals surface area (Å²) in [5.41, 5.74) is 0. The zero-order valence-corrected chi connectivity index (χ0v) is 15.9. The van der Waals surface area contributed by atoms with Gasteiger partial charge in [0.05, 0.1) is 10.5 Å². The van der Waals surface area contributed by atoms with Crippen molar-refractivity contribution in [2.24, 2.45) is 5.92 Å². The summed E-state index contributed by atoms with van der Waals surface area (Å²) in [4.78, 5) is 12.4. The monoisotopic (exact) mass is 354 g/mol. The molecule has 2 aliphatic rings. The summed E-state index contributed by atoms with van der Waals surface area (Å²) in [6.07, 6.45) is 15.9. The molecule has 0 radical (unpaired) electrons. The van der Waals surface area contributed by atoms with Crippen LogP contribution in [0.25, 0.3) is 0 Å². The predicted molar refractivity (Wildman–Crippen MR) is 99.8 cm³/mol. The second-order valence-electron chi connectivity index (χ2n) is 7.70. The average molecular weight is 355 g/mol. The Kier molecular flexibility index (Phi) is 7.99. The molecule has 0 spiro atoms. The average Bonchev–Trinajstić information content (AvgIpc) is 2.52. The topological polar surface area (TPSA) is 51.2 Å². The molecule has 3 nitrogen and oxygen atoms in total. The van der Waals surface area contributed by atoms with Gasteiger partial charge in [0.1, 0.15) is 5.78 Å². The number of unbranched alkanes of at least 4 members (excludes halogenated alkanes) is 7. The second-order valence-corrected chi connectivity index (χ2v) is 10.2. The molecule has 4 heteroatoms. The largest absolute Gasteiger partial charge is 0.299 e. The molecule has 2 heterocycles. The fourth-order valence-electron chi connectivity index (χ4n) is 4.35. The van der Waals surface area contributed by atoms with Crippen molar-refractivity contribution in [1.82, 2.24) is 0 Å². The molecule has 0 aliphatic carbocycles.